The Kier molecular flexibility index (Phi) is 8.61. The van der Waals surface area contributed by atoms with E-state index in [0.29, 0.717) is 46.9 Å². The number of amidine groups is 1. The van der Waals surface area contributed by atoms with E-state index in [9.17, 15) is 9.18 Å². The van der Waals surface area contributed by atoms with E-state index >= 15 is 0 Å². The molecule has 184 valence electrons. The number of allylic oxidation sites excluding steroid dienone is 1. The van der Waals surface area contributed by atoms with Crippen molar-refractivity contribution in [1.82, 2.24) is 5.32 Å². The molecule has 0 bridgehead atoms. The van der Waals surface area contributed by atoms with Crippen LogP contribution in [0.25, 0.3) is 6.08 Å². The number of thioether (sulfide) groups is 1. The maximum absolute atomic E-state index is 13.2. The molecule has 3 aromatic carbocycles. The number of nitrogens with one attached hydrogen (secondary N) is 1. The van der Waals surface area contributed by atoms with E-state index in [4.69, 9.17) is 9.47 Å². The summed E-state index contributed by atoms with van der Waals surface area (Å²) in [7, 11) is 0. The van der Waals surface area contributed by atoms with Gasteiger partial charge in [0.05, 0.1) is 17.2 Å². The Morgan fingerprint density at radius 1 is 1.11 bits per heavy atom. The topological polar surface area (TPSA) is 59.9 Å². The Hall–Kier alpha value is -3.36. The van der Waals surface area contributed by atoms with E-state index in [0.717, 1.165) is 21.2 Å². The minimum atomic E-state index is -0.340. The highest BCUT2D eigenvalue weighted by atomic mass is 79.9. The largest absolute Gasteiger partial charge is 0.490 e. The van der Waals surface area contributed by atoms with Crippen LogP contribution < -0.4 is 14.8 Å². The van der Waals surface area contributed by atoms with E-state index in [-0.39, 0.29) is 11.7 Å². The molecule has 1 aliphatic heterocycles. The highest BCUT2D eigenvalue weighted by molar-refractivity contribution is 9.10. The summed E-state index contributed by atoms with van der Waals surface area (Å²) >= 11 is 4.67. The molecule has 0 aromatic heterocycles. The zero-order valence-electron chi connectivity index (χ0n) is 19.6. The first kappa shape index (κ1) is 25.7. The molecule has 4 rings (SSSR count). The average Bonchev–Trinajstić information content (AvgIpc) is 3.19. The van der Waals surface area contributed by atoms with Gasteiger partial charge in [-0.3, -0.25) is 4.79 Å². The van der Waals surface area contributed by atoms with Gasteiger partial charge in [0, 0.05) is 10.0 Å². The van der Waals surface area contributed by atoms with Crippen LogP contribution in [-0.2, 0) is 17.8 Å². The molecular weight excluding hydrogens is 543 g/mol. The SMILES string of the molecule is C=CCc1cc(/C=C2/SC(=Nc3ccc(F)cc3)NC2=O)cc(OCC)c1OCc1ccc(Br)cc1. The van der Waals surface area contributed by atoms with E-state index in [1.807, 2.05) is 43.3 Å². The lowest BCUT2D eigenvalue weighted by atomic mass is 10.0. The van der Waals surface area contributed by atoms with Gasteiger partial charge in [0.15, 0.2) is 16.7 Å². The normalized spacial score (nSPS) is 15.2. The summed E-state index contributed by atoms with van der Waals surface area (Å²) in [6, 6.07) is 17.5. The van der Waals surface area contributed by atoms with Gasteiger partial charge in [0.1, 0.15) is 12.4 Å². The molecule has 0 aliphatic carbocycles. The van der Waals surface area contributed by atoms with Crippen LogP contribution in [0, 0.1) is 5.82 Å². The standard InChI is InChI=1S/C28H24BrFN2O3S/c1-3-5-20-14-19(15-24(34-4-2)26(20)35-17-18-6-8-21(29)9-7-18)16-25-27(33)32-28(36-25)31-23-12-10-22(30)11-13-23/h3,6-16H,1,4-5,17H2,2H3,(H,31,32,33)/b25-16+. The summed E-state index contributed by atoms with van der Waals surface area (Å²) < 4.78 is 26.3. The maximum atomic E-state index is 13.2. The van der Waals surface area contributed by atoms with Crippen molar-refractivity contribution >= 4 is 50.5 Å². The number of ether oxygens (including phenoxy) is 2. The number of hydrogen-bond donors (Lipinski definition) is 1. The van der Waals surface area contributed by atoms with Crippen molar-refractivity contribution in [2.45, 2.75) is 20.0 Å². The van der Waals surface area contributed by atoms with Crippen molar-refractivity contribution in [3.8, 4) is 11.5 Å². The second-order valence-electron chi connectivity index (χ2n) is 7.81. The number of benzene rings is 3. The molecule has 0 unspecified atom stereocenters. The van der Waals surface area contributed by atoms with Gasteiger partial charge in [0.25, 0.3) is 5.91 Å². The van der Waals surface area contributed by atoms with Gasteiger partial charge in [-0.15, -0.1) is 6.58 Å². The highest BCUT2D eigenvalue weighted by Gasteiger charge is 2.24. The predicted octanol–water partition coefficient (Wildman–Crippen LogP) is 7.19. The van der Waals surface area contributed by atoms with E-state index < -0.39 is 0 Å². The summed E-state index contributed by atoms with van der Waals surface area (Å²) in [5.41, 5.74) is 3.29. The lowest BCUT2D eigenvalue weighted by Gasteiger charge is -2.17. The molecule has 1 aliphatic rings. The third kappa shape index (κ3) is 6.65. The van der Waals surface area contributed by atoms with Gasteiger partial charge in [-0.1, -0.05) is 34.1 Å². The minimum Gasteiger partial charge on any atom is -0.490 e. The minimum absolute atomic E-state index is 0.250. The molecule has 1 heterocycles. The number of nitrogens with zero attached hydrogens (tertiary/aromatic N) is 1. The summed E-state index contributed by atoms with van der Waals surface area (Å²) in [5.74, 6) is 0.667. The number of carbonyl (C=O) groups excluding carboxylic acids is 1. The molecule has 0 atom stereocenters. The van der Waals surface area contributed by atoms with Gasteiger partial charge >= 0.3 is 0 Å². The predicted molar refractivity (Wildman–Crippen MR) is 147 cm³/mol. The molecule has 8 heteroatoms. The summed E-state index contributed by atoms with van der Waals surface area (Å²) in [6.07, 6.45) is 4.17. The molecule has 36 heavy (non-hydrogen) atoms. The van der Waals surface area contributed by atoms with Crippen molar-refractivity contribution in [2.75, 3.05) is 6.61 Å². The Balaban J connectivity index is 1.61. The molecule has 1 saturated heterocycles. The number of aliphatic imine (C=N–C) groups is 1. The first-order valence-corrected chi connectivity index (χ1v) is 12.9. The number of halogens is 2. The summed E-state index contributed by atoms with van der Waals surface area (Å²) in [4.78, 5) is 17.5. The van der Waals surface area contributed by atoms with Crippen LogP contribution in [0.15, 0.2) is 87.7 Å². The molecule has 3 aromatic rings. The Bertz CT molecular complexity index is 1320. The highest BCUT2D eigenvalue weighted by Crippen LogP contribution is 2.37. The molecule has 0 saturated carbocycles. The Labute approximate surface area is 222 Å². The fourth-order valence-corrected chi connectivity index (χ4v) is 4.61. The van der Waals surface area contributed by atoms with Crippen molar-refractivity contribution in [2.24, 2.45) is 4.99 Å². The second-order valence-corrected chi connectivity index (χ2v) is 9.75. The molecule has 5 nitrogen and oxygen atoms in total. The summed E-state index contributed by atoms with van der Waals surface area (Å²) in [5, 5.41) is 3.19. The molecule has 0 spiro atoms. The zero-order valence-corrected chi connectivity index (χ0v) is 22.0. The number of carbonyl (C=O) groups is 1. The second kappa shape index (κ2) is 12.1. The van der Waals surface area contributed by atoms with Crippen molar-refractivity contribution < 1.29 is 18.7 Å². The van der Waals surface area contributed by atoms with Crippen LogP contribution in [0.4, 0.5) is 10.1 Å². The maximum Gasteiger partial charge on any atom is 0.264 e. The Morgan fingerprint density at radius 3 is 2.56 bits per heavy atom. The number of rotatable bonds is 9. The molecular formula is C28H24BrFN2O3S. The fraction of sp³-hybridized carbons (Fsp3) is 0.143. The molecule has 1 N–H and O–H groups in total. The van der Waals surface area contributed by atoms with Crippen molar-refractivity contribution in [3.05, 3.63) is 105 Å². The van der Waals surface area contributed by atoms with E-state index in [1.165, 1.54) is 23.9 Å². The van der Waals surface area contributed by atoms with Gasteiger partial charge in [-0.05, 0) is 90.8 Å². The van der Waals surface area contributed by atoms with Gasteiger partial charge < -0.3 is 14.8 Å². The molecule has 0 radical (unpaired) electrons. The van der Waals surface area contributed by atoms with Crippen molar-refractivity contribution in [1.29, 1.82) is 0 Å². The number of hydrogen-bond acceptors (Lipinski definition) is 5. The lowest BCUT2D eigenvalue weighted by molar-refractivity contribution is -0.115. The summed E-state index contributed by atoms with van der Waals surface area (Å²) in [6.45, 7) is 6.64. The third-order valence-electron chi connectivity index (χ3n) is 5.12. The van der Waals surface area contributed by atoms with Gasteiger partial charge in [-0.25, -0.2) is 9.38 Å². The number of amides is 1. The smallest absolute Gasteiger partial charge is 0.264 e. The van der Waals surface area contributed by atoms with Crippen LogP contribution in [0.5, 0.6) is 11.5 Å². The van der Waals surface area contributed by atoms with Crippen LogP contribution in [-0.4, -0.2) is 17.7 Å². The van der Waals surface area contributed by atoms with Gasteiger partial charge in [-0.2, -0.15) is 0 Å². The zero-order chi connectivity index (χ0) is 25.5. The monoisotopic (exact) mass is 566 g/mol. The van der Waals surface area contributed by atoms with Crippen LogP contribution in [0.3, 0.4) is 0 Å². The first-order valence-electron chi connectivity index (χ1n) is 11.3. The van der Waals surface area contributed by atoms with Crippen molar-refractivity contribution in [3.63, 3.8) is 0 Å². The molecule has 1 amide bonds. The van der Waals surface area contributed by atoms with E-state index in [1.54, 1.807) is 24.3 Å². The fourth-order valence-electron chi connectivity index (χ4n) is 3.50. The lowest BCUT2D eigenvalue weighted by Crippen LogP contribution is -2.19. The van der Waals surface area contributed by atoms with Gasteiger partial charge in [0.2, 0.25) is 0 Å². The van der Waals surface area contributed by atoms with E-state index in [2.05, 4.69) is 32.8 Å². The molecule has 1 fully saturated rings. The quantitative estimate of drug-likeness (QED) is 0.220. The third-order valence-corrected chi connectivity index (χ3v) is 6.56. The first-order chi connectivity index (χ1) is 17.4. The Morgan fingerprint density at radius 2 is 1.86 bits per heavy atom. The van der Waals surface area contributed by atoms with Crippen LogP contribution in [0.2, 0.25) is 0 Å². The average molecular weight is 567 g/mol. The van der Waals surface area contributed by atoms with Crippen LogP contribution in [0.1, 0.15) is 23.6 Å². The van der Waals surface area contributed by atoms with Crippen LogP contribution >= 0.6 is 27.7 Å².